The Bertz CT molecular complexity index is 677. The van der Waals surface area contributed by atoms with Crippen LogP contribution in [0.25, 0.3) is 0 Å². The van der Waals surface area contributed by atoms with Crippen molar-refractivity contribution >= 4 is 11.9 Å². The van der Waals surface area contributed by atoms with Crippen LogP contribution in [0.5, 0.6) is 0 Å². The highest BCUT2D eigenvalue weighted by Crippen LogP contribution is 2.62. The van der Waals surface area contributed by atoms with Crippen molar-refractivity contribution in [1.29, 1.82) is 0 Å². The maximum absolute atomic E-state index is 13.1. The van der Waals surface area contributed by atoms with Gasteiger partial charge in [-0.15, -0.1) is 0 Å². The summed E-state index contributed by atoms with van der Waals surface area (Å²) in [7, 11) is 1.35. The molecule has 4 atom stereocenters. The molecule has 1 amide bonds. The third kappa shape index (κ3) is 3.48. The van der Waals surface area contributed by atoms with E-state index in [-0.39, 0.29) is 17.9 Å². The van der Waals surface area contributed by atoms with Gasteiger partial charge >= 0.3 is 5.97 Å². The normalized spacial score (nSPS) is 35.5. The van der Waals surface area contributed by atoms with Crippen LogP contribution in [0.3, 0.4) is 0 Å². The lowest BCUT2D eigenvalue weighted by atomic mass is 9.46. The van der Waals surface area contributed by atoms with E-state index >= 15 is 0 Å². The number of esters is 1. The molecular weight excluding hydrogens is 338 g/mol. The molecule has 0 aromatic heterocycles. The van der Waals surface area contributed by atoms with Crippen molar-refractivity contribution in [2.75, 3.05) is 13.7 Å². The molecule has 3 rings (SSSR count). The molecule has 4 nitrogen and oxygen atoms in total. The molecule has 1 N–H and O–H groups in total. The van der Waals surface area contributed by atoms with Gasteiger partial charge in [0.15, 0.2) is 0 Å². The van der Waals surface area contributed by atoms with Gasteiger partial charge in [0.25, 0.3) is 0 Å². The van der Waals surface area contributed by atoms with Crippen LogP contribution >= 0.6 is 0 Å². The van der Waals surface area contributed by atoms with Crippen molar-refractivity contribution in [3.8, 4) is 0 Å². The predicted molar refractivity (Wildman–Crippen MR) is 107 cm³/mol. The van der Waals surface area contributed by atoms with E-state index in [1.165, 1.54) is 31.9 Å². The molecule has 0 unspecified atom stereocenters. The molecule has 0 radical (unpaired) electrons. The number of amides is 1. The average Bonchev–Trinajstić information content (AvgIpc) is 2.65. The number of nitrogens with one attached hydrogen (secondary N) is 1. The first-order valence-corrected chi connectivity index (χ1v) is 10.5. The van der Waals surface area contributed by atoms with Crippen LogP contribution in [-0.4, -0.2) is 25.5 Å². The number of rotatable bonds is 4. The highest BCUT2D eigenvalue weighted by Gasteiger charge is 2.56. The number of hydrogen-bond acceptors (Lipinski definition) is 3. The van der Waals surface area contributed by atoms with Crippen LogP contribution in [0.15, 0.2) is 23.3 Å². The fourth-order valence-electron chi connectivity index (χ4n) is 6.04. The van der Waals surface area contributed by atoms with Crippen molar-refractivity contribution in [2.45, 2.75) is 66.2 Å². The molecule has 1 saturated carbocycles. The van der Waals surface area contributed by atoms with E-state index in [2.05, 4.69) is 49.9 Å². The van der Waals surface area contributed by atoms with Crippen molar-refractivity contribution in [1.82, 2.24) is 5.32 Å². The SMILES string of the molecule is COC(=O)CNC(=O)[C@]1(C)CCC[C@@]2(C)[C@H]1CC=C1C=C(C(C)C)CC[C@@H]12. The Morgan fingerprint density at radius 1 is 1.30 bits per heavy atom. The number of ether oxygens (including phenoxy) is 1. The number of hydrogen-bond donors (Lipinski definition) is 1. The summed E-state index contributed by atoms with van der Waals surface area (Å²) in [5.74, 6) is 1.09. The van der Waals surface area contributed by atoms with Crippen LogP contribution in [0.2, 0.25) is 0 Å². The minimum atomic E-state index is -0.426. The molecule has 0 aromatic carbocycles. The molecule has 150 valence electrons. The second-order valence-corrected chi connectivity index (χ2v) is 9.49. The molecule has 4 heteroatoms. The molecule has 0 aliphatic heterocycles. The number of allylic oxidation sites excluding steroid dienone is 4. The Hall–Kier alpha value is -1.58. The largest absolute Gasteiger partial charge is 0.468 e. The summed E-state index contributed by atoms with van der Waals surface area (Å²) in [5, 5.41) is 2.84. The summed E-state index contributed by atoms with van der Waals surface area (Å²) in [5.41, 5.74) is 2.79. The molecule has 27 heavy (non-hydrogen) atoms. The van der Waals surface area contributed by atoms with Crippen LogP contribution in [0, 0.1) is 28.6 Å². The summed E-state index contributed by atoms with van der Waals surface area (Å²) in [6.45, 7) is 9.04. The average molecular weight is 374 g/mol. The van der Waals surface area contributed by atoms with Crippen molar-refractivity contribution in [3.05, 3.63) is 23.3 Å². The number of carbonyl (C=O) groups excluding carboxylic acids is 2. The maximum atomic E-state index is 13.1. The van der Waals surface area contributed by atoms with Gasteiger partial charge in [0.1, 0.15) is 6.54 Å². The van der Waals surface area contributed by atoms with E-state index in [4.69, 9.17) is 0 Å². The Morgan fingerprint density at radius 3 is 2.70 bits per heavy atom. The predicted octanol–water partition coefficient (Wildman–Crippen LogP) is 4.41. The summed E-state index contributed by atoms with van der Waals surface area (Å²) in [6, 6.07) is 0. The van der Waals surface area contributed by atoms with Crippen molar-refractivity contribution in [2.24, 2.45) is 28.6 Å². The molecule has 0 bridgehead atoms. The molecule has 0 saturated heterocycles. The Balaban J connectivity index is 1.86. The minimum Gasteiger partial charge on any atom is -0.468 e. The third-order valence-electron chi connectivity index (χ3n) is 7.72. The second-order valence-electron chi connectivity index (χ2n) is 9.49. The molecule has 3 aliphatic carbocycles. The zero-order chi connectivity index (χ0) is 19.8. The van der Waals surface area contributed by atoms with Gasteiger partial charge < -0.3 is 10.1 Å². The van der Waals surface area contributed by atoms with Crippen LogP contribution < -0.4 is 5.32 Å². The van der Waals surface area contributed by atoms with Crippen molar-refractivity contribution < 1.29 is 14.3 Å². The van der Waals surface area contributed by atoms with E-state index in [1.54, 1.807) is 5.57 Å². The number of methoxy groups -OCH3 is 1. The Kier molecular flexibility index (Phi) is 5.56. The van der Waals surface area contributed by atoms with E-state index in [0.717, 1.165) is 19.3 Å². The third-order valence-corrected chi connectivity index (χ3v) is 7.72. The maximum Gasteiger partial charge on any atom is 0.325 e. The molecule has 3 aliphatic rings. The van der Waals surface area contributed by atoms with Gasteiger partial charge in [0.05, 0.1) is 12.5 Å². The Morgan fingerprint density at radius 2 is 2.04 bits per heavy atom. The van der Waals surface area contributed by atoms with Gasteiger partial charge in [0.2, 0.25) is 5.91 Å². The first kappa shape index (κ1) is 20.2. The standard InChI is InChI=1S/C23H35NO3/c1-15(2)16-7-9-18-17(13-16)8-10-19-22(18,3)11-6-12-23(19,4)21(26)24-14-20(25)27-5/h8,13,15,18-19H,6-7,9-12,14H2,1-5H3,(H,24,26)/t18-,19+,22+,23+/m0/s1. The van der Waals surface area contributed by atoms with Crippen LogP contribution in [0.1, 0.15) is 66.2 Å². The molecular formula is C23H35NO3. The van der Waals surface area contributed by atoms with E-state index in [1.807, 2.05) is 0 Å². The summed E-state index contributed by atoms with van der Waals surface area (Å²) in [4.78, 5) is 24.6. The van der Waals surface area contributed by atoms with Crippen LogP contribution in [0.4, 0.5) is 0 Å². The molecule has 1 fully saturated rings. The summed E-state index contributed by atoms with van der Waals surface area (Å²) >= 11 is 0. The van der Waals surface area contributed by atoms with Gasteiger partial charge in [-0.25, -0.2) is 0 Å². The minimum absolute atomic E-state index is 0.00916. The van der Waals surface area contributed by atoms with E-state index < -0.39 is 11.4 Å². The van der Waals surface area contributed by atoms with E-state index in [0.29, 0.717) is 17.8 Å². The monoisotopic (exact) mass is 373 g/mol. The van der Waals surface area contributed by atoms with Gasteiger partial charge in [-0.1, -0.05) is 51.8 Å². The zero-order valence-electron chi connectivity index (χ0n) is 17.6. The molecule has 0 aromatic rings. The highest BCUT2D eigenvalue weighted by molar-refractivity contribution is 5.86. The quantitative estimate of drug-likeness (QED) is 0.743. The lowest BCUT2D eigenvalue weighted by molar-refractivity contribution is -0.148. The van der Waals surface area contributed by atoms with Gasteiger partial charge in [-0.2, -0.15) is 0 Å². The second kappa shape index (κ2) is 7.44. The summed E-state index contributed by atoms with van der Waals surface area (Å²) < 4.78 is 4.68. The number of carbonyl (C=O) groups is 2. The van der Waals surface area contributed by atoms with Gasteiger partial charge in [0, 0.05) is 0 Å². The topological polar surface area (TPSA) is 55.4 Å². The van der Waals surface area contributed by atoms with Gasteiger partial charge in [-0.05, 0) is 60.8 Å². The molecule has 0 heterocycles. The fraction of sp³-hybridized carbons (Fsp3) is 0.739. The molecule has 0 spiro atoms. The van der Waals surface area contributed by atoms with Crippen molar-refractivity contribution in [3.63, 3.8) is 0 Å². The van der Waals surface area contributed by atoms with Crippen LogP contribution in [-0.2, 0) is 14.3 Å². The zero-order valence-corrected chi connectivity index (χ0v) is 17.6. The lowest BCUT2D eigenvalue weighted by Crippen LogP contribution is -2.56. The smallest absolute Gasteiger partial charge is 0.325 e. The van der Waals surface area contributed by atoms with E-state index in [9.17, 15) is 9.59 Å². The highest BCUT2D eigenvalue weighted by atomic mass is 16.5. The van der Waals surface area contributed by atoms with Gasteiger partial charge in [-0.3, -0.25) is 9.59 Å². The first-order valence-electron chi connectivity index (χ1n) is 10.5. The first-order chi connectivity index (χ1) is 12.7. The lowest BCUT2D eigenvalue weighted by Gasteiger charge is -2.57. The number of fused-ring (bicyclic) bond motifs is 3. The Labute approximate surface area is 163 Å². The fourth-order valence-corrected chi connectivity index (χ4v) is 6.04. The summed E-state index contributed by atoms with van der Waals surface area (Å²) in [6.07, 6.45) is 11.3.